The third-order valence-electron chi connectivity index (χ3n) is 5.57. The summed E-state index contributed by atoms with van der Waals surface area (Å²) in [6, 6.07) is 11.4. The van der Waals surface area contributed by atoms with Crippen molar-refractivity contribution in [3.8, 4) is 16.9 Å². The van der Waals surface area contributed by atoms with Crippen LogP contribution in [0.25, 0.3) is 22.2 Å². The molecule has 0 aliphatic carbocycles. The number of rotatable bonds is 4. The highest BCUT2D eigenvalue weighted by atomic mass is 16.6. The van der Waals surface area contributed by atoms with Crippen LogP contribution in [-0.4, -0.2) is 53.0 Å². The van der Waals surface area contributed by atoms with Crippen molar-refractivity contribution in [2.45, 2.75) is 12.8 Å². The van der Waals surface area contributed by atoms with Crippen molar-refractivity contribution in [1.29, 1.82) is 0 Å². The van der Waals surface area contributed by atoms with Crippen molar-refractivity contribution >= 4 is 16.7 Å². The van der Waals surface area contributed by atoms with E-state index < -0.39 is 0 Å². The summed E-state index contributed by atoms with van der Waals surface area (Å²) in [5.74, 6) is 0.974. The maximum atomic E-state index is 10.2. The van der Waals surface area contributed by atoms with Crippen LogP contribution in [0.2, 0.25) is 0 Å². The van der Waals surface area contributed by atoms with E-state index in [1.807, 2.05) is 24.3 Å². The first kappa shape index (κ1) is 15.6. The molecule has 0 unspecified atom stereocenters. The topological polar surface area (TPSA) is 65.6 Å². The van der Waals surface area contributed by atoms with Crippen LogP contribution in [0.3, 0.4) is 0 Å². The quantitative estimate of drug-likeness (QED) is 0.780. The van der Waals surface area contributed by atoms with Crippen molar-refractivity contribution in [2.24, 2.45) is 5.92 Å². The molecule has 0 atom stereocenters. The van der Waals surface area contributed by atoms with Gasteiger partial charge in [-0.3, -0.25) is 0 Å². The third-order valence-corrected chi connectivity index (χ3v) is 5.57. The number of likely N-dealkylation sites (tertiary alicyclic amines) is 1. The molecule has 3 aromatic rings. The van der Waals surface area contributed by atoms with E-state index in [1.165, 1.54) is 32.5 Å². The lowest BCUT2D eigenvalue weighted by molar-refractivity contribution is 0.247. The van der Waals surface area contributed by atoms with Gasteiger partial charge in [-0.2, -0.15) is 0 Å². The molecule has 134 valence electrons. The molecular formula is C20H22N4O2. The van der Waals surface area contributed by atoms with Gasteiger partial charge in [0.15, 0.2) is 5.52 Å². The molecule has 2 aliphatic rings. The Hall–Kier alpha value is -2.60. The molecule has 0 saturated carbocycles. The van der Waals surface area contributed by atoms with E-state index in [-0.39, 0.29) is 5.75 Å². The maximum absolute atomic E-state index is 10.2. The second-order valence-corrected chi connectivity index (χ2v) is 7.42. The van der Waals surface area contributed by atoms with Gasteiger partial charge in [-0.25, -0.2) is 4.63 Å². The molecule has 6 heteroatoms. The number of aromatic hydroxyl groups is 1. The molecule has 2 aliphatic heterocycles. The first-order valence-corrected chi connectivity index (χ1v) is 9.30. The summed E-state index contributed by atoms with van der Waals surface area (Å²) in [6.07, 6.45) is 2.68. The number of hydrogen-bond acceptors (Lipinski definition) is 6. The van der Waals surface area contributed by atoms with Crippen molar-refractivity contribution < 1.29 is 9.74 Å². The molecule has 5 rings (SSSR count). The Balaban J connectivity index is 1.43. The molecular weight excluding hydrogens is 328 g/mol. The lowest BCUT2D eigenvalue weighted by Gasteiger charge is -2.42. The monoisotopic (exact) mass is 350 g/mol. The minimum absolute atomic E-state index is 0.268. The van der Waals surface area contributed by atoms with E-state index in [0.717, 1.165) is 40.9 Å². The number of benzene rings is 2. The SMILES string of the molecule is Oc1ccccc1-c1cc(N2CC(CN3CCCC3)C2)c2nonc2c1. The van der Waals surface area contributed by atoms with Gasteiger partial charge in [0.25, 0.3) is 0 Å². The van der Waals surface area contributed by atoms with Crippen LogP contribution in [0.1, 0.15) is 12.8 Å². The predicted molar refractivity (Wildman–Crippen MR) is 100 cm³/mol. The molecule has 1 N–H and O–H groups in total. The summed E-state index contributed by atoms with van der Waals surface area (Å²) in [5, 5.41) is 18.4. The zero-order valence-corrected chi connectivity index (χ0v) is 14.6. The minimum Gasteiger partial charge on any atom is -0.507 e. The molecule has 26 heavy (non-hydrogen) atoms. The van der Waals surface area contributed by atoms with E-state index in [0.29, 0.717) is 5.92 Å². The summed E-state index contributed by atoms with van der Waals surface area (Å²) in [4.78, 5) is 4.92. The fourth-order valence-corrected chi connectivity index (χ4v) is 4.20. The molecule has 2 fully saturated rings. The number of para-hydroxylation sites is 1. The normalized spacial score (nSPS) is 18.5. The number of nitrogens with zero attached hydrogens (tertiary/aromatic N) is 4. The number of hydrogen-bond donors (Lipinski definition) is 1. The summed E-state index contributed by atoms with van der Waals surface area (Å²) < 4.78 is 4.98. The van der Waals surface area contributed by atoms with Gasteiger partial charge in [-0.05, 0) is 60.0 Å². The van der Waals surface area contributed by atoms with E-state index in [9.17, 15) is 5.11 Å². The van der Waals surface area contributed by atoms with Crippen LogP contribution in [0.15, 0.2) is 41.0 Å². The van der Waals surface area contributed by atoms with Gasteiger partial charge in [0.2, 0.25) is 0 Å². The van der Waals surface area contributed by atoms with Crippen LogP contribution < -0.4 is 4.90 Å². The van der Waals surface area contributed by atoms with Gasteiger partial charge >= 0.3 is 0 Å². The number of anilines is 1. The summed E-state index contributed by atoms with van der Waals surface area (Å²) in [5.41, 5.74) is 4.30. The highest BCUT2D eigenvalue weighted by Gasteiger charge is 2.31. The van der Waals surface area contributed by atoms with Gasteiger partial charge in [0, 0.05) is 31.1 Å². The van der Waals surface area contributed by atoms with Gasteiger partial charge in [0.05, 0.1) is 5.69 Å². The number of aromatic nitrogens is 2. The van der Waals surface area contributed by atoms with E-state index in [1.54, 1.807) is 6.07 Å². The van der Waals surface area contributed by atoms with Crippen molar-refractivity contribution in [2.75, 3.05) is 37.6 Å². The summed E-state index contributed by atoms with van der Waals surface area (Å²) in [7, 11) is 0. The standard InChI is InChI=1S/C20H22N4O2/c25-19-6-2-1-5-16(19)15-9-17-20(22-26-21-17)18(10-15)24-12-14(13-24)11-23-7-3-4-8-23/h1-2,5-6,9-10,14,25H,3-4,7-8,11-13H2. The second kappa shape index (κ2) is 6.29. The van der Waals surface area contributed by atoms with Gasteiger partial charge in [-0.1, -0.05) is 18.2 Å². The van der Waals surface area contributed by atoms with E-state index in [2.05, 4.69) is 26.2 Å². The zero-order valence-electron chi connectivity index (χ0n) is 14.6. The van der Waals surface area contributed by atoms with Crippen LogP contribution in [0, 0.1) is 5.92 Å². The fraction of sp³-hybridized carbons (Fsp3) is 0.400. The molecule has 2 aromatic carbocycles. The van der Waals surface area contributed by atoms with E-state index in [4.69, 9.17) is 4.63 Å². The molecule has 6 nitrogen and oxygen atoms in total. The third kappa shape index (κ3) is 2.70. The molecule has 3 heterocycles. The Morgan fingerprint density at radius 1 is 1.08 bits per heavy atom. The predicted octanol–water partition coefficient (Wildman–Crippen LogP) is 3.13. The highest BCUT2D eigenvalue weighted by molar-refractivity contribution is 5.93. The van der Waals surface area contributed by atoms with Gasteiger partial charge < -0.3 is 14.9 Å². The van der Waals surface area contributed by atoms with Crippen molar-refractivity contribution in [3.05, 3.63) is 36.4 Å². The molecule has 0 radical (unpaired) electrons. The largest absolute Gasteiger partial charge is 0.507 e. The smallest absolute Gasteiger partial charge is 0.158 e. The van der Waals surface area contributed by atoms with Crippen molar-refractivity contribution in [3.63, 3.8) is 0 Å². The highest BCUT2D eigenvalue weighted by Crippen LogP contribution is 2.37. The van der Waals surface area contributed by atoms with Gasteiger partial charge in [0.1, 0.15) is 11.3 Å². The Labute approximate surface area is 152 Å². The maximum Gasteiger partial charge on any atom is 0.158 e. The molecule has 0 bridgehead atoms. The Bertz CT molecular complexity index is 926. The fourth-order valence-electron chi connectivity index (χ4n) is 4.20. The zero-order chi connectivity index (χ0) is 17.5. The Morgan fingerprint density at radius 3 is 2.69 bits per heavy atom. The molecule has 0 amide bonds. The lowest BCUT2D eigenvalue weighted by Crippen LogP contribution is -2.51. The summed E-state index contributed by atoms with van der Waals surface area (Å²) >= 11 is 0. The molecule has 0 spiro atoms. The van der Waals surface area contributed by atoms with E-state index >= 15 is 0 Å². The number of phenolic OH excluding ortho intramolecular Hbond substituents is 1. The summed E-state index contributed by atoms with van der Waals surface area (Å²) in [6.45, 7) is 5.74. The number of fused-ring (bicyclic) bond motifs is 1. The average molecular weight is 350 g/mol. The molecule has 1 aromatic heterocycles. The van der Waals surface area contributed by atoms with Crippen molar-refractivity contribution in [1.82, 2.24) is 15.2 Å². The van der Waals surface area contributed by atoms with Gasteiger partial charge in [-0.15, -0.1) is 0 Å². The van der Waals surface area contributed by atoms with Crippen LogP contribution in [-0.2, 0) is 0 Å². The molecule has 2 saturated heterocycles. The second-order valence-electron chi connectivity index (χ2n) is 7.42. The number of phenols is 1. The Kier molecular flexibility index (Phi) is 3.78. The van der Waals surface area contributed by atoms with Crippen LogP contribution in [0.4, 0.5) is 5.69 Å². The lowest BCUT2D eigenvalue weighted by atomic mass is 9.96. The van der Waals surface area contributed by atoms with Crippen LogP contribution in [0.5, 0.6) is 5.75 Å². The van der Waals surface area contributed by atoms with Crippen LogP contribution >= 0.6 is 0 Å². The Morgan fingerprint density at radius 2 is 1.88 bits per heavy atom. The first-order valence-electron chi connectivity index (χ1n) is 9.30. The minimum atomic E-state index is 0.268. The first-order chi connectivity index (χ1) is 12.8. The average Bonchev–Trinajstić information content (AvgIpc) is 3.29.